The van der Waals surface area contributed by atoms with E-state index in [2.05, 4.69) is 5.10 Å². The van der Waals surface area contributed by atoms with Crippen LogP contribution in [0, 0.1) is 20.8 Å². The number of nitrogens with zero attached hydrogens (tertiary/aromatic N) is 2. The number of carbonyl (C=O) groups is 1. The zero-order valence-corrected chi connectivity index (χ0v) is 16.5. The summed E-state index contributed by atoms with van der Waals surface area (Å²) in [6.07, 6.45) is 0. The van der Waals surface area contributed by atoms with Crippen LogP contribution in [0.5, 0.6) is 0 Å². The van der Waals surface area contributed by atoms with Gasteiger partial charge in [0, 0.05) is 10.3 Å². The lowest BCUT2D eigenvalue weighted by atomic mass is 10.2. The largest absolute Gasteiger partial charge is 0.422 e. The number of carbonyl (C=O) groups excluding carboxylic acids is 1. The van der Waals surface area contributed by atoms with Crippen LogP contribution in [0.1, 0.15) is 27.3 Å². The maximum atomic E-state index is 13.0. The molecule has 4 rings (SSSR count). The molecule has 0 aliphatic heterocycles. The van der Waals surface area contributed by atoms with Crippen molar-refractivity contribution in [1.82, 2.24) is 9.78 Å². The van der Waals surface area contributed by atoms with Gasteiger partial charge in [-0.1, -0.05) is 47.7 Å². The van der Waals surface area contributed by atoms with Gasteiger partial charge in [0.05, 0.1) is 16.3 Å². The average molecular weight is 390 g/mol. The van der Waals surface area contributed by atoms with E-state index in [-0.39, 0.29) is 5.56 Å². The van der Waals surface area contributed by atoms with E-state index in [1.165, 1.54) is 10.2 Å². The Morgan fingerprint density at radius 1 is 1.04 bits per heavy atom. The summed E-state index contributed by atoms with van der Waals surface area (Å²) in [4.78, 5) is 27.3. The van der Waals surface area contributed by atoms with Crippen LogP contribution < -0.4 is 5.63 Å². The number of aromatic nitrogens is 2. The number of fused-ring (bicyclic) bond motifs is 1. The van der Waals surface area contributed by atoms with Crippen molar-refractivity contribution in [1.29, 1.82) is 0 Å². The summed E-state index contributed by atoms with van der Waals surface area (Å²) in [6.45, 7) is 5.73. The monoisotopic (exact) mass is 390 g/mol. The molecular formula is C22H18N2O3S. The second-order valence-corrected chi connectivity index (χ2v) is 7.70. The van der Waals surface area contributed by atoms with Gasteiger partial charge >= 0.3 is 5.63 Å². The third-order valence-corrected chi connectivity index (χ3v) is 5.83. The fourth-order valence-electron chi connectivity index (χ4n) is 3.02. The summed E-state index contributed by atoms with van der Waals surface area (Å²) in [5.41, 5.74) is 2.38. The number of aryl methyl sites for hydroxylation is 2. The molecule has 0 saturated carbocycles. The minimum atomic E-state index is -0.663. The van der Waals surface area contributed by atoms with Crippen molar-refractivity contribution in [2.24, 2.45) is 0 Å². The van der Waals surface area contributed by atoms with Gasteiger partial charge in [-0.15, -0.1) is 0 Å². The highest BCUT2D eigenvalue weighted by molar-refractivity contribution is 7.99. The molecule has 0 atom stereocenters. The van der Waals surface area contributed by atoms with Crippen LogP contribution in [0.3, 0.4) is 0 Å². The number of hydrogen-bond acceptors (Lipinski definition) is 5. The molecular weight excluding hydrogens is 372 g/mol. The minimum absolute atomic E-state index is 0.0313. The van der Waals surface area contributed by atoms with Gasteiger partial charge in [-0.05, 0) is 45.0 Å². The molecule has 0 unspecified atom stereocenters. The number of para-hydroxylation sites is 1. The quantitative estimate of drug-likeness (QED) is 0.472. The first-order chi connectivity index (χ1) is 13.4. The van der Waals surface area contributed by atoms with Crippen molar-refractivity contribution in [2.45, 2.75) is 30.6 Å². The smallest absolute Gasteiger partial charge is 0.349 e. The molecule has 4 aromatic rings. The van der Waals surface area contributed by atoms with Crippen molar-refractivity contribution in [3.05, 3.63) is 87.5 Å². The first-order valence-corrected chi connectivity index (χ1v) is 9.64. The molecule has 0 saturated heterocycles. The average Bonchev–Trinajstić information content (AvgIpc) is 2.97. The molecule has 0 amide bonds. The van der Waals surface area contributed by atoms with Gasteiger partial charge in [-0.3, -0.25) is 4.79 Å². The number of hydrogen-bond donors (Lipinski definition) is 0. The Bertz CT molecular complexity index is 1250. The molecule has 2 aromatic heterocycles. The second kappa shape index (κ2) is 7.13. The molecule has 0 radical (unpaired) electrons. The molecule has 6 heteroatoms. The highest BCUT2D eigenvalue weighted by atomic mass is 32.2. The van der Waals surface area contributed by atoms with Crippen LogP contribution in [0.2, 0.25) is 0 Å². The molecule has 0 aliphatic carbocycles. The van der Waals surface area contributed by atoms with Gasteiger partial charge in [0.15, 0.2) is 0 Å². The lowest BCUT2D eigenvalue weighted by Crippen LogP contribution is -2.22. The van der Waals surface area contributed by atoms with Gasteiger partial charge in [0.1, 0.15) is 11.1 Å². The highest BCUT2D eigenvalue weighted by Gasteiger charge is 2.22. The lowest BCUT2D eigenvalue weighted by Gasteiger charge is -2.05. The molecule has 0 fully saturated rings. The standard InChI is InChI=1S/C22H18N2O3S/c1-13-8-10-17(11-9-13)28-20-14(2)23-24(15(20)3)21(25)18-12-16-6-4-5-7-19(16)27-22(18)26/h4-12H,1-3H3. The minimum Gasteiger partial charge on any atom is -0.422 e. The number of benzene rings is 2. The summed E-state index contributed by atoms with van der Waals surface area (Å²) < 4.78 is 6.58. The van der Waals surface area contributed by atoms with E-state index < -0.39 is 11.5 Å². The molecule has 0 N–H and O–H groups in total. The Balaban J connectivity index is 1.74. The molecule has 140 valence electrons. The van der Waals surface area contributed by atoms with Gasteiger partial charge in [0.25, 0.3) is 5.91 Å². The Kier molecular flexibility index (Phi) is 4.65. The van der Waals surface area contributed by atoms with Crippen LogP contribution in [-0.4, -0.2) is 15.7 Å². The summed E-state index contributed by atoms with van der Waals surface area (Å²) in [5, 5.41) is 5.08. The summed E-state index contributed by atoms with van der Waals surface area (Å²) >= 11 is 1.55. The zero-order chi connectivity index (χ0) is 19.8. The van der Waals surface area contributed by atoms with Gasteiger partial charge in [-0.25, -0.2) is 4.79 Å². The van der Waals surface area contributed by atoms with E-state index in [0.29, 0.717) is 16.7 Å². The Labute approximate surface area is 166 Å². The van der Waals surface area contributed by atoms with Crippen LogP contribution in [-0.2, 0) is 0 Å². The fraction of sp³-hybridized carbons (Fsp3) is 0.136. The maximum Gasteiger partial charge on any atom is 0.349 e. The first-order valence-electron chi connectivity index (χ1n) is 8.82. The van der Waals surface area contributed by atoms with Crippen molar-refractivity contribution >= 4 is 28.6 Å². The van der Waals surface area contributed by atoms with Crippen LogP contribution in [0.25, 0.3) is 11.0 Å². The molecule has 28 heavy (non-hydrogen) atoms. The molecule has 0 aliphatic rings. The van der Waals surface area contributed by atoms with Gasteiger partial charge < -0.3 is 4.42 Å². The predicted molar refractivity (Wildman–Crippen MR) is 109 cm³/mol. The third-order valence-electron chi connectivity index (χ3n) is 4.53. The molecule has 5 nitrogen and oxygen atoms in total. The zero-order valence-electron chi connectivity index (χ0n) is 15.7. The molecule has 2 heterocycles. The predicted octanol–water partition coefficient (Wildman–Crippen LogP) is 4.75. The molecule has 0 bridgehead atoms. The van der Waals surface area contributed by atoms with E-state index in [9.17, 15) is 9.59 Å². The second-order valence-electron chi connectivity index (χ2n) is 6.62. The summed E-state index contributed by atoms with van der Waals surface area (Å²) in [5.74, 6) is -0.490. The van der Waals surface area contributed by atoms with E-state index >= 15 is 0 Å². The van der Waals surface area contributed by atoms with Crippen molar-refractivity contribution in [3.63, 3.8) is 0 Å². The van der Waals surface area contributed by atoms with E-state index in [0.717, 1.165) is 15.5 Å². The normalized spacial score (nSPS) is 11.1. The third kappa shape index (κ3) is 3.27. The topological polar surface area (TPSA) is 65.1 Å². The molecule has 0 spiro atoms. The Morgan fingerprint density at radius 3 is 2.50 bits per heavy atom. The van der Waals surface area contributed by atoms with E-state index in [1.807, 2.05) is 51.1 Å². The van der Waals surface area contributed by atoms with Crippen LogP contribution in [0.4, 0.5) is 0 Å². The van der Waals surface area contributed by atoms with Gasteiger partial charge in [0.2, 0.25) is 0 Å². The van der Waals surface area contributed by atoms with Gasteiger partial charge in [-0.2, -0.15) is 9.78 Å². The number of rotatable bonds is 3. The summed E-state index contributed by atoms with van der Waals surface area (Å²) in [7, 11) is 0. The van der Waals surface area contributed by atoms with Crippen LogP contribution in [0.15, 0.2) is 73.6 Å². The van der Waals surface area contributed by atoms with Crippen LogP contribution >= 0.6 is 11.8 Å². The first kappa shape index (κ1) is 18.3. The van der Waals surface area contributed by atoms with E-state index in [4.69, 9.17) is 4.42 Å². The fourth-order valence-corrected chi connectivity index (χ4v) is 3.95. The van der Waals surface area contributed by atoms with Crippen molar-refractivity contribution in [2.75, 3.05) is 0 Å². The highest BCUT2D eigenvalue weighted by Crippen LogP contribution is 2.33. The lowest BCUT2D eigenvalue weighted by molar-refractivity contribution is 0.0938. The molecule has 2 aromatic carbocycles. The Morgan fingerprint density at radius 2 is 1.75 bits per heavy atom. The maximum absolute atomic E-state index is 13.0. The SMILES string of the molecule is Cc1ccc(Sc2c(C)nn(C(=O)c3cc4ccccc4oc3=O)c2C)cc1. The van der Waals surface area contributed by atoms with Crippen molar-refractivity contribution < 1.29 is 9.21 Å². The summed E-state index contributed by atoms with van der Waals surface area (Å²) in [6, 6.07) is 16.8. The van der Waals surface area contributed by atoms with E-state index in [1.54, 1.807) is 36.0 Å². The Hall–Kier alpha value is -3.12. The van der Waals surface area contributed by atoms with Crippen molar-refractivity contribution in [3.8, 4) is 0 Å².